The fourth-order valence-corrected chi connectivity index (χ4v) is 2.79. The van der Waals surface area contributed by atoms with Crippen LogP contribution in [0.4, 0.5) is 5.69 Å². The summed E-state index contributed by atoms with van der Waals surface area (Å²) in [4.78, 5) is 2.18. The molecule has 2 atom stereocenters. The van der Waals surface area contributed by atoms with Crippen LogP contribution in [-0.2, 0) is 11.3 Å². The zero-order valence-electron chi connectivity index (χ0n) is 11.4. The van der Waals surface area contributed by atoms with Gasteiger partial charge in [-0.05, 0) is 31.7 Å². The van der Waals surface area contributed by atoms with E-state index in [2.05, 4.69) is 16.3 Å². The average Bonchev–Trinajstić information content (AvgIpc) is 2.38. The third-order valence-electron chi connectivity index (χ3n) is 3.26. The van der Waals surface area contributed by atoms with Gasteiger partial charge >= 0.3 is 0 Å². The summed E-state index contributed by atoms with van der Waals surface area (Å²) in [5.41, 5.74) is 2.17. The molecule has 0 bridgehead atoms. The van der Waals surface area contributed by atoms with Crippen molar-refractivity contribution in [1.82, 2.24) is 5.32 Å². The molecule has 1 heterocycles. The molecule has 4 nitrogen and oxygen atoms in total. The summed E-state index contributed by atoms with van der Waals surface area (Å²) in [5, 5.41) is 13.1. The molecule has 1 saturated heterocycles. The molecular formula is C14H21ClN2O2. The van der Waals surface area contributed by atoms with Crippen LogP contribution in [0.25, 0.3) is 0 Å². The maximum atomic E-state index is 9.26. The summed E-state index contributed by atoms with van der Waals surface area (Å²) in [6.07, 6.45) is -0.0456. The number of ether oxygens (including phenoxy) is 1. The lowest BCUT2D eigenvalue weighted by atomic mass is 10.1. The normalized spacial score (nSPS) is 23.7. The summed E-state index contributed by atoms with van der Waals surface area (Å²) < 4.78 is 5.64. The summed E-state index contributed by atoms with van der Waals surface area (Å²) in [6.45, 7) is 4.32. The predicted molar refractivity (Wildman–Crippen MR) is 77.8 cm³/mol. The summed E-state index contributed by atoms with van der Waals surface area (Å²) in [7, 11) is 1.91. The van der Waals surface area contributed by atoms with E-state index in [0.717, 1.165) is 29.4 Å². The van der Waals surface area contributed by atoms with Crippen molar-refractivity contribution in [3.05, 3.63) is 28.8 Å². The number of nitrogens with zero attached hydrogens (tertiary/aromatic N) is 1. The van der Waals surface area contributed by atoms with Crippen LogP contribution in [0, 0.1) is 0 Å². The van der Waals surface area contributed by atoms with Crippen molar-refractivity contribution >= 4 is 17.3 Å². The van der Waals surface area contributed by atoms with Crippen LogP contribution in [-0.4, -0.2) is 44.1 Å². The number of hydrogen-bond acceptors (Lipinski definition) is 4. The van der Waals surface area contributed by atoms with E-state index < -0.39 is 0 Å². The first kappa shape index (κ1) is 14.6. The minimum absolute atomic E-state index is 0.0380. The molecule has 2 unspecified atom stereocenters. The zero-order valence-corrected chi connectivity index (χ0v) is 12.2. The van der Waals surface area contributed by atoms with E-state index in [4.69, 9.17) is 16.3 Å². The van der Waals surface area contributed by atoms with Crippen LogP contribution in [0.1, 0.15) is 12.5 Å². The van der Waals surface area contributed by atoms with Gasteiger partial charge in [0, 0.05) is 19.6 Å². The molecule has 1 aliphatic rings. The van der Waals surface area contributed by atoms with E-state index in [-0.39, 0.29) is 18.8 Å². The van der Waals surface area contributed by atoms with Crippen molar-refractivity contribution in [3.8, 4) is 0 Å². The smallest absolute Gasteiger partial charge is 0.0984 e. The lowest BCUT2D eigenvalue weighted by Crippen LogP contribution is -2.48. The van der Waals surface area contributed by atoms with Crippen LogP contribution in [0.5, 0.6) is 0 Å². The Bertz CT molecular complexity index is 428. The highest BCUT2D eigenvalue weighted by molar-refractivity contribution is 6.33. The molecule has 1 aromatic rings. The fraction of sp³-hybridized carbons (Fsp3) is 0.571. The van der Waals surface area contributed by atoms with Crippen LogP contribution in [0.15, 0.2) is 18.2 Å². The number of rotatable bonds is 4. The maximum absolute atomic E-state index is 9.26. The van der Waals surface area contributed by atoms with Gasteiger partial charge in [-0.1, -0.05) is 17.7 Å². The molecule has 2 rings (SSSR count). The number of nitrogens with one attached hydrogen (secondary N) is 1. The molecule has 1 aromatic carbocycles. The minimum Gasteiger partial charge on any atom is -0.394 e. The van der Waals surface area contributed by atoms with Gasteiger partial charge in [0.15, 0.2) is 0 Å². The van der Waals surface area contributed by atoms with E-state index >= 15 is 0 Å². The number of hydrogen-bond donors (Lipinski definition) is 2. The zero-order chi connectivity index (χ0) is 13.8. The summed E-state index contributed by atoms with van der Waals surface area (Å²) >= 11 is 6.36. The Balaban J connectivity index is 2.16. The molecule has 0 saturated carbocycles. The van der Waals surface area contributed by atoms with Crippen molar-refractivity contribution in [1.29, 1.82) is 0 Å². The van der Waals surface area contributed by atoms with Gasteiger partial charge in [0.2, 0.25) is 0 Å². The lowest BCUT2D eigenvalue weighted by molar-refractivity contribution is -0.0421. The Hall–Kier alpha value is -0.810. The third-order valence-corrected chi connectivity index (χ3v) is 3.57. The standard InChI is InChI=1S/C14H21ClN2O2/c1-10-7-17(8-12(9-18)19-10)14-4-3-11(6-16-2)5-13(14)15/h3-5,10,12,16,18H,6-9H2,1-2H3. The molecule has 1 fully saturated rings. The monoisotopic (exact) mass is 284 g/mol. The van der Waals surface area contributed by atoms with Gasteiger partial charge in [0.05, 0.1) is 29.5 Å². The molecule has 1 aliphatic heterocycles. The van der Waals surface area contributed by atoms with Crippen LogP contribution >= 0.6 is 11.6 Å². The Labute approximate surface area is 119 Å². The van der Waals surface area contributed by atoms with Gasteiger partial charge < -0.3 is 20.1 Å². The minimum atomic E-state index is -0.142. The first-order valence-corrected chi connectivity index (χ1v) is 6.96. The van der Waals surface area contributed by atoms with Gasteiger partial charge in [0.25, 0.3) is 0 Å². The highest BCUT2D eigenvalue weighted by atomic mass is 35.5. The van der Waals surface area contributed by atoms with Gasteiger partial charge in [-0.15, -0.1) is 0 Å². The number of benzene rings is 1. The average molecular weight is 285 g/mol. The van der Waals surface area contributed by atoms with Crippen molar-refractivity contribution in [2.45, 2.75) is 25.7 Å². The molecular weight excluding hydrogens is 264 g/mol. The number of aliphatic hydroxyl groups is 1. The first-order chi connectivity index (χ1) is 9.13. The van der Waals surface area contributed by atoms with Crippen molar-refractivity contribution in [2.24, 2.45) is 0 Å². The molecule has 5 heteroatoms. The largest absolute Gasteiger partial charge is 0.394 e. The van der Waals surface area contributed by atoms with E-state index in [0.29, 0.717) is 6.54 Å². The van der Waals surface area contributed by atoms with Gasteiger partial charge in [-0.25, -0.2) is 0 Å². The van der Waals surface area contributed by atoms with E-state index in [1.165, 1.54) is 0 Å². The number of anilines is 1. The van der Waals surface area contributed by atoms with E-state index in [1.807, 2.05) is 26.1 Å². The first-order valence-electron chi connectivity index (χ1n) is 6.58. The number of halogens is 1. The van der Waals surface area contributed by atoms with E-state index in [9.17, 15) is 5.11 Å². The second-order valence-electron chi connectivity index (χ2n) is 4.97. The Morgan fingerprint density at radius 3 is 2.89 bits per heavy atom. The van der Waals surface area contributed by atoms with Gasteiger partial charge in [-0.3, -0.25) is 0 Å². The second-order valence-corrected chi connectivity index (χ2v) is 5.38. The fourth-order valence-electron chi connectivity index (χ4n) is 2.46. The Morgan fingerprint density at radius 2 is 2.26 bits per heavy atom. The van der Waals surface area contributed by atoms with Crippen molar-refractivity contribution < 1.29 is 9.84 Å². The second kappa shape index (κ2) is 6.57. The Morgan fingerprint density at radius 1 is 1.47 bits per heavy atom. The van der Waals surface area contributed by atoms with Crippen LogP contribution in [0.2, 0.25) is 5.02 Å². The quantitative estimate of drug-likeness (QED) is 0.882. The molecule has 106 valence electrons. The van der Waals surface area contributed by atoms with E-state index in [1.54, 1.807) is 0 Å². The van der Waals surface area contributed by atoms with Gasteiger partial charge in [-0.2, -0.15) is 0 Å². The molecule has 0 amide bonds. The number of aliphatic hydroxyl groups excluding tert-OH is 1. The lowest BCUT2D eigenvalue weighted by Gasteiger charge is -2.38. The molecule has 0 aliphatic carbocycles. The summed E-state index contributed by atoms with van der Waals surface area (Å²) in [6, 6.07) is 6.11. The highest BCUT2D eigenvalue weighted by Gasteiger charge is 2.25. The topological polar surface area (TPSA) is 44.7 Å². The number of morpholine rings is 1. The predicted octanol–water partition coefficient (Wildman–Crippen LogP) is 1.65. The SMILES string of the molecule is CNCc1ccc(N2CC(C)OC(CO)C2)c(Cl)c1. The third kappa shape index (κ3) is 3.60. The highest BCUT2D eigenvalue weighted by Crippen LogP contribution is 2.29. The molecule has 0 spiro atoms. The van der Waals surface area contributed by atoms with Crippen LogP contribution in [0.3, 0.4) is 0 Å². The maximum Gasteiger partial charge on any atom is 0.0984 e. The molecule has 0 radical (unpaired) electrons. The summed E-state index contributed by atoms with van der Waals surface area (Å²) in [5.74, 6) is 0. The van der Waals surface area contributed by atoms with Crippen molar-refractivity contribution in [2.75, 3.05) is 31.6 Å². The van der Waals surface area contributed by atoms with Crippen molar-refractivity contribution in [3.63, 3.8) is 0 Å². The molecule has 0 aromatic heterocycles. The van der Waals surface area contributed by atoms with Crippen LogP contribution < -0.4 is 10.2 Å². The molecule has 19 heavy (non-hydrogen) atoms. The Kier molecular flexibility index (Phi) is 5.05. The van der Waals surface area contributed by atoms with Gasteiger partial charge in [0.1, 0.15) is 0 Å². The molecule has 2 N–H and O–H groups in total.